The van der Waals surface area contributed by atoms with Gasteiger partial charge >= 0.3 is 0 Å². The lowest BCUT2D eigenvalue weighted by Gasteiger charge is -2.19. The second kappa shape index (κ2) is 4.81. The van der Waals surface area contributed by atoms with E-state index in [0.29, 0.717) is 0 Å². The fourth-order valence-corrected chi connectivity index (χ4v) is 1.71. The Labute approximate surface area is 90.6 Å². The Morgan fingerprint density at radius 2 is 2.40 bits per heavy atom. The normalized spacial score (nSPS) is 20.1. The molecule has 1 fully saturated rings. The van der Waals surface area contributed by atoms with Crippen LogP contribution in [0.1, 0.15) is 38.1 Å². The molecule has 0 saturated heterocycles. The van der Waals surface area contributed by atoms with Crippen LogP contribution in [0.3, 0.4) is 0 Å². The maximum absolute atomic E-state index is 5.88. The van der Waals surface area contributed by atoms with E-state index in [1.165, 1.54) is 12.8 Å². The second-order valence-corrected chi connectivity index (χ2v) is 4.40. The van der Waals surface area contributed by atoms with Crippen molar-refractivity contribution in [3.63, 3.8) is 0 Å². The average molecular weight is 209 g/mol. The summed E-state index contributed by atoms with van der Waals surface area (Å²) in [4.78, 5) is 0. The van der Waals surface area contributed by atoms with Crippen molar-refractivity contribution in [2.45, 2.75) is 38.3 Å². The molecule has 1 saturated carbocycles. The summed E-state index contributed by atoms with van der Waals surface area (Å²) in [6, 6.07) is 3.76. The topological polar surface area (TPSA) is 48.4 Å². The number of rotatable bonds is 6. The van der Waals surface area contributed by atoms with E-state index in [9.17, 15) is 0 Å². The van der Waals surface area contributed by atoms with Crippen LogP contribution in [0.5, 0.6) is 0 Å². The van der Waals surface area contributed by atoms with Gasteiger partial charge < -0.3 is 14.9 Å². The van der Waals surface area contributed by atoms with Gasteiger partial charge in [-0.05, 0) is 31.4 Å². The van der Waals surface area contributed by atoms with Gasteiger partial charge in [0.05, 0.1) is 6.26 Å². The van der Waals surface area contributed by atoms with Gasteiger partial charge in [0.15, 0.2) is 0 Å². The molecule has 0 bridgehead atoms. The van der Waals surface area contributed by atoms with Crippen molar-refractivity contribution < 1.29 is 9.15 Å². The van der Waals surface area contributed by atoms with Crippen molar-refractivity contribution in [1.82, 2.24) is 0 Å². The molecular weight excluding hydrogens is 190 g/mol. The monoisotopic (exact) mass is 209 g/mol. The van der Waals surface area contributed by atoms with Gasteiger partial charge in [0.2, 0.25) is 0 Å². The molecule has 0 aliphatic heterocycles. The van der Waals surface area contributed by atoms with E-state index in [1.54, 1.807) is 6.26 Å². The molecule has 3 nitrogen and oxygen atoms in total. The summed E-state index contributed by atoms with van der Waals surface area (Å²) in [7, 11) is 0. The molecule has 2 N–H and O–H groups in total. The number of hydrogen-bond donors (Lipinski definition) is 1. The molecule has 0 spiro atoms. The zero-order valence-corrected chi connectivity index (χ0v) is 9.19. The zero-order valence-electron chi connectivity index (χ0n) is 9.19. The smallest absolute Gasteiger partial charge is 0.134 e. The quantitative estimate of drug-likeness (QED) is 0.783. The Balaban J connectivity index is 1.82. The molecule has 0 amide bonds. The number of ether oxygens (including phenoxy) is 1. The standard InChI is InChI=1S/C12H19NO2/c1-9(13)12(11-3-2-7-14-11)15-8-6-10-4-5-10/h2-3,7,9-10,12H,4-6,8,13H2,1H3. The predicted molar refractivity (Wildman–Crippen MR) is 58.4 cm³/mol. The van der Waals surface area contributed by atoms with Gasteiger partial charge in [0.25, 0.3) is 0 Å². The van der Waals surface area contributed by atoms with Crippen LogP contribution >= 0.6 is 0 Å². The molecule has 2 atom stereocenters. The SMILES string of the molecule is CC(N)C(OCCC1CC1)c1ccco1. The molecule has 84 valence electrons. The molecule has 0 aromatic carbocycles. The van der Waals surface area contributed by atoms with Crippen LogP contribution in [-0.2, 0) is 4.74 Å². The van der Waals surface area contributed by atoms with Crippen LogP contribution < -0.4 is 5.73 Å². The van der Waals surface area contributed by atoms with Crippen molar-refractivity contribution in [1.29, 1.82) is 0 Å². The van der Waals surface area contributed by atoms with Crippen LogP contribution in [0.2, 0.25) is 0 Å². The van der Waals surface area contributed by atoms with E-state index >= 15 is 0 Å². The molecule has 1 heterocycles. The van der Waals surface area contributed by atoms with Crippen molar-refractivity contribution in [3.05, 3.63) is 24.2 Å². The summed E-state index contributed by atoms with van der Waals surface area (Å²) in [5, 5.41) is 0. The third kappa shape index (κ3) is 3.08. The fourth-order valence-electron chi connectivity index (χ4n) is 1.71. The van der Waals surface area contributed by atoms with Crippen LogP contribution in [-0.4, -0.2) is 12.6 Å². The minimum absolute atomic E-state index is 0.0321. The van der Waals surface area contributed by atoms with Crippen molar-refractivity contribution in [3.8, 4) is 0 Å². The van der Waals surface area contributed by atoms with E-state index in [-0.39, 0.29) is 12.1 Å². The zero-order chi connectivity index (χ0) is 10.7. The van der Waals surface area contributed by atoms with Crippen LogP contribution in [0.4, 0.5) is 0 Å². The first-order valence-corrected chi connectivity index (χ1v) is 5.68. The molecule has 2 rings (SSSR count). The molecule has 2 unspecified atom stereocenters. The van der Waals surface area contributed by atoms with Crippen LogP contribution in [0, 0.1) is 5.92 Å². The van der Waals surface area contributed by atoms with Gasteiger partial charge in [-0.15, -0.1) is 0 Å². The van der Waals surface area contributed by atoms with E-state index in [4.69, 9.17) is 14.9 Å². The highest BCUT2D eigenvalue weighted by molar-refractivity contribution is 5.04. The van der Waals surface area contributed by atoms with Crippen molar-refractivity contribution in [2.24, 2.45) is 11.7 Å². The van der Waals surface area contributed by atoms with E-state index < -0.39 is 0 Å². The predicted octanol–water partition coefficient (Wildman–Crippen LogP) is 2.48. The Hall–Kier alpha value is -0.800. The van der Waals surface area contributed by atoms with Gasteiger partial charge in [-0.1, -0.05) is 12.8 Å². The molecule has 3 heteroatoms. The Morgan fingerprint density at radius 1 is 1.60 bits per heavy atom. The highest BCUT2D eigenvalue weighted by atomic mass is 16.5. The average Bonchev–Trinajstić information content (AvgIpc) is 2.86. The summed E-state index contributed by atoms with van der Waals surface area (Å²) >= 11 is 0. The molecular formula is C12H19NO2. The number of furan rings is 1. The third-order valence-corrected chi connectivity index (χ3v) is 2.82. The lowest BCUT2D eigenvalue weighted by atomic mass is 10.1. The lowest BCUT2D eigenvalue weighted by molar-refractivity contribution is 0.0205. The second-order valence-electron chi connectivity index (χ2n) is 4.40. The third-order valence-electron chi connectivity index (χ3n) is 2.82. The van der Waals surface area contributed by atoms with E-state index in [1.807, 2.05) is 19.1 Å². The Bertz CT molecular complexity index is 278. The largest absolute Gasteiger partial charge is 0.467 e. The maximum atomic E-state index is 5.88. The van der Waals surface area contributed by atoms with E-state index in [0.717, 1.165) is 24.7 Å². The summed E-state index contributed by atoms with van der Waals surface area (Å²) in [6.45, 7) is 2.74. The molecule has 1 aliphatic rings. The van der Waals surface area contributed by atoms with Gasteiger partial charge in [-0.2, -0.15) is 0 Å². The molecule has 1 aromatic rings. The Kier molecular flexibility index (Phi) is 3.44. The van der Waals surface area contributed by atoms with Gasteiger partial charge in [-0.25, -0.2) is 0 Å². The number of hydrogen-bond acceptors (Lipinski definition) is 3. The molecule has 0 radical (unpaired) electrons. The lowest BCUT2D eigenvalue weighted by Crippen LogP contribution is -2.27. The first-order valence-electron chi connectivity index (χ1n) is 5.68. The summed E-state index contributed by atoms with van der Waals surface area (Å²) < 4.78 is 11.1. The van der Waals surface area contributed by atoms with Crippen molar-refractivity contribution in [2.75, 3.05) is 6.61 Å². The number of nitrogens with two attached hydrogens (primary N) is 1. The highest BCUT2D eigenvalue weighted by Gasteiger charge is 2.23. The summed E-state index contributed by atoms with van der Waals surface area (Å²) in [5.41, 5.74) is 5.88. The molecule has 1 aromatic heterocycles. The van der Waals surface area contributed by atoms with Gasteiger partial charge in [0, 0.05) is 12.6 Å². The van der Waals surface area contributed by atoms with Gasteiger partial charge in [-0.3, -0.25) is 0 Å². The van der Waals surface area contributed by atoms with Crippen LogP contribution in [0.15, 0.2) is 22.8 Å². The van der Waals surface area contributed by atoms with E-state index in [2.05, 4.69) is 0 Å². The van der Waals surface area contributed by atoms with Gasteiger partial charge in [0.1, 0.15) is 11.9 Å². The Morgan fingerprint density at radius 3 is 2.93 bits per heavy atom. The highest BCUT2D eigenvalue weighted by Crippen LogP contribution is 2.33. The van der Waals surface area contributed by atoms with Crippen molar-refractivity contribution >= 4 is 0 Å². The minimum Gasteiger partial charge on any atom is -0.467 e. The summed E-state index contributed by atoms with van der Waals surface area (Å²) in [6.07, 6.45) is 5.46. The van der Waals surface area contributed by atoms with Crippen LogP contribution in [0.25, 0.3) is 0 Å². The minimum atomic E-state index is -0.0984. The first-order chi connectivity index (χ1) is 7.27. The molecule has 15 heavy (non-hydrogen) atoms. The fraction of sp³-hybridized carbons (Fsp3) is 0.667. The molecule has 1 aliphatic carbocycles. The maximum Gasteiger partial charge on any atom is 0.134 e. The first kappa shape index (κ1) is 10.7. The summed E-state index contributed by atoms with van der Waals surface area (Å²) in [5.74, 6) is 1.73.